The standard InChI is InChI=1S/C22H43NO5/c1-5-6-7-8-9-10-11-14-19(24)15-12-13-16-22(27)28-20(17-21(25)26)18-23(2,3)4/h19-20,24H,5-18H2,1-4H3/p+1. The molecule has 0 spiro atoms. The number of carbonyl (C=O) groups is 2. The largest absolute Gasteiger partial charge is 0.481 e. The zero-order valence-electron chi connectivity index (χ0n) is 18.6. The highest BCUT2D eigenvalue weighted by molar-refractivity contribution is 5.71. The minimum atomic E-state index is -0.959. The van der Waals surface area contributed by atoms with E-state index in [-0.39, 0.29) is 24.9 Å². The van der Waals surface area contributed by atoms with Crippen LogP contribution >= 0.6 is 0 Å². The van der Waals surface area contributed by atoms with Crippen molar-refractivity contribution in [1.29, 1.82) is 0 Å². The number of esters is 1. The Morgan fingerprint density at radius 1 is 0.893 bits per heavy atom. The molecule has 0 aliphatic rings. The first-order valence-corrected chi connectivity index (χ1v) is 11.0. The third-order valence-electron chi connectivity index (χ3n) is 4.76. The van der Waals surface area contributed by atoms with Crippen molar-refractivity contribution in [2.24, 2.45) is 0 Å². The molecule has 0 aromatic heterocycles. The van der Waals surface area contributed by atoms with Crippen molar-refractivity contribution in [3.8, 4) is 0 Å². The number of hydrogen-bond donors (Lipinski definition) is 2. The van der Waals surface area contributed by atoms with Crippen LogP contribution in [-0.4, -0.2) is 66.5 Å². The van der Waals surface area contributed by atoms with Gasteiger partial charge in [-0.3, -0.25) is 9.59 Å². The van der Waals surface area contributed by atoms with E-state index in [0.717, 1.165) is 19.3 Å². The zero-order chi connectivity index (χ0) is 21.4. The zero-order valence-corrected chi connectivity index (χ0v) is 18.6. The predicted octanol–water partition coefficient (Wildman–Crippen LogP) is 4.14. The lowest BCUT2D eigenvalue weighted by Crippen LogP contribution is -2.43. The first-order valence-electron chi connectivity index (χ1n) is 11.0. The second-order valence-electron chi connectivity index (χ2n) is 8.99. The normalized spacial score (nSPS) is 13.9. The number of carboxylic acid groups (broad SMARTS) is 1. The Morgan fingerprint density at radius 2 is 1.43 bits per heavy atom. The first-order chi connectivity index (χ1) is 13.1. The van der Waals surface area contributed by atoms with E-state index in [4.69, 9.17) is 9.84 Å². The summed E-state index contributed by atoms with van der Waals surface area (Å²) in [6.45, 7) is 2.69. The van der Waals surface area contributed by atoms with Crippen LogP contribution in [0.4, 0.5) is 0 Å². The maximum Gasteiger partial charge on any atom is 0.307 e. The Balaban J connectivity index is 3.84. The van der Waals surface area contributed by atoms with Gasteiger partial charge in [0, 0.05) is 6.42 Å². The molecule has 0 rings (SSSR count). The molecular weight excluding hydrogens is 358 g/mol. The van der Waals surface area contributed by atoms with Crippen LogP contribution in [0.1, 0.15) is 90.4 Å². The highest BCUT2D eigenvalue weighted by atomic mass is 16.5. The molecule has 0 heterocycles. The first kappa shape index (κ1) is 26.9. The van der Waals surface area contributed by atoms with Gasteiger partial charge >= 0.3 is 11.9 Å². The van der Waals surface area contributed by atoms with Crippen LogP contribution in [0.25, 0.3) is 0 Å². The van der Waals surface area contributed by atoms with Crippen molar-refractivity contribution < 1.29 is 29.0 Å². The van der Waals surface area contributed by atoms with E-state index in [2.05, 4.69) is 6.92 Å². The SMILES string of the molecule is CCCCCCCCCC(O)CCCCC(=O)OC(CC(=O)O)C[N+](C)(C)C. The fourth-order valence-corrected chi connectivity index (χ4v) is 3.32. The average Bonchev–Trinajstić information content (AvgIpc) is 2.55. The summed E-state index contributed by atoms with van der Waals surface area (Å²) >= 11 is 0. The second-order valence-corrected chi connectivity index (χ2v) is 8.99. The van der Waals surface area contributed by atoms with Gasteiger partial charge in [0.2, 0.25) is 0 Å². The quantitative estimate of drug-likeness (QED) is 0.204. The number of quaternary nitrogens is 1. The minimum absolute atomic E-state index is 0.168. The minimum Gasteiger partial charge on any atom is -0.481 e. The summed E-state index contributed by atoms with van der Waals surface area (Å²) in [6, 6.07) is 0. The summed E-state index contributed by atoms with van der Waals surface area (Å²) in [6.07, 6.45) is 10.9. The van der Waals surface area contributed by atoms with Crippen molar-refractivity contribution in [1.82, 2.24) is 0 Å². The van der Waals surface area contributed by atoms with Gasteiger partial charge in [-0.05, 0) is 19.3 Å². The molecule has 0 aliphatic carbocycles. The van der Waals surface area contributed by atoms with E-state index in [1.165, 1.54) is 38.5 Å². The summed E-state index contributed by atoms with van der Waals surface area (Å²) in [5.41, 5.74) is 0. The number of carbonyl (C=O) groups excluding carboxylic acids is 1. The van der Waals surface area contributed by atoms with Gasteiger partial charge in [-0.15, -0.1) is 0 Å². The molecule has 6 heteroatoms. The molecule has 0 amide bonds. The molecule has 2 N–H and O–H groups in total. The van der Waals surface area contributed by atoms with Crippen LogP contribution in [0.15, 0.2) is 0 Å². The predicted molar refractivity (Wildman–Crippen MR) is 112 cm³/mol. The molecule has 0 aromatic carbocycles. The fraction of sp³-hybridized carbons (Fsp3) is 0.909. The Morgan fingerprint density at radius 3 is 1.96 bits per heavy atom. The van der Waals surface area contributed by atoms with Crippen molar-refractivity contribution in [2.75, 3.05) is 27.7 Å². The number of rotatable bonds is 18. The van der Waals surface area contributed by atoms with Gasteiger partial charge in [-0.2, -0.15) is 0 Å². The van der Waals surface area contributed by atoms with Crippen LogP contribution in [-0.2, 0) is 14.3 Å². The Hall–Kier alpha value is -1.14. The van der Waals surface area contributed by atoms with E-state index in [1.54, 1.807) is 0 Å². The highest BCUT2D eigenvalue weighted by Gasteiger charge is 2.24. The number of aliphatic carboxylic acids is 1. The van der Waals surface area contributed by atoms with Crippen molar-refractivity contribution in [3.05, 3.63) is 0 Å². The van der Waals surface area contributed by atoms with Crippen LogP contribution < -0.4 is 0 Å². The molecule has 2 unspecified atom stereocenters. The summed E-state index contributed by atoms with van der Waals surface area (Å²) < 4.78 is 5.90. The molecule has 2 atom stereocenters. The fourth-order valence-electron chi connectivity index (χ4n) is 3.32. The van der Waals surface area contributed by atoms with Gasteiger partial charge in [0.05, 0.1) is 33.7 Å². The maximum absolute atomic E-state index is 12.0. The number of hydrogen-bond acceptors (Lipinski definition) is 4. The van der Waals surface area contributed by atoms with Crippen molar-refractivity contribution in [3.63, 3.8) is 0 Å². The third-order valence-corrected chi connectivity index (χ3v) is 4.76. The Bertz CT molecular complexity index is 420. The molecule has 0 radical (unpaired) electrons. The number of carboxylic acids is 1. The van der Waals surface area contributed by atoms with Crippen molar-refractivity contribution in [2.45, 2.75) is 103 Å². The maximum atomic E-state index is 12.0. The van der Waals surface area contributed by atoms with Gasteiger partial charge in [0.1, 0.15) is 6.54 Å². The lowest BCUT2D eigenvalue weighted by molar-refractivity contribution is -0.873. The third kappa shape index (κ3) is 18.2. The molecule has 0 bridgehead atoms. The molecular formula is C22H44NO5+. The Labute approximate surface area is 171 Å². The molecule has 28 heavy (non-hydrogen) atoms. The number of aliphatic hydroxyl groups excluding tert-OH is 1. The molecule has 0 saturated heterocycles. The Kier molecular flexibility index (Phi) is 15.1. The summed E-state index contributed by atoms with van der Waals surface area (Å²) in [4.78, 5) is 23.0. The van der Waals surface area contributed by atoms with Gasteiger partial charge < -0.3 is 19.4 Å². The molecule has 0 fully saturated rings. The topological polar surface area (TPSA) is 83.8 Å². The van der Waals surface area contributed by atoms with Crippen LogP contribution in [0.5, 0.6) is 0 Å². The van der Waals surface area contributed by atoms with Crippen LogP contribution in [0.2, 0.25) is 0 Å². The summed E-state index contributed by atoms with van der Waals surface area (Å²) in [5.74, 6) is -1.30. The van der Waals surface area contributed by atoms with Crippen LogP contribution in [0.3, 0.4) is 0 Å². The number of ether oxygens (including phenoxy) is 1. The number of aliphatic hydroxyl groups is 1. The monoisotopic (exact) mass is 402 g/mol. The van der Waals surface area contributed by atoms with Gasteiger partial charge in [0.25, 0.3) is 0 Å². The second kappa shape index (κ2) is 15.7. The van der Waals surface area contributed by atoms with Gasteiger partial charge in [-0.25, -0.2) is 0 Å². The van der Waals surface area contributed by atoms with E-state index >= 15 is 0 Å². The summed E-state index contributed by atoms with van der Waals surface area (Å²) in [7, 11) is 5.82. The number of nitrogens with zero attached hydrogens (tertiary/aromatic N) is 1. The van der Waals surface area contributed by atoms with Gasteiger partial charge in [0.15, 0.2) is 6.10 Å². The van der Waals surface area contributed by atoms with E-state index < -0.39 is 12.1 Å². The van der Waals surface area contributed by atoms with Gasteiger partial charge in [-0.1, -0.05) is 58.3 Å². The highest BCUT2D eigenvalue weighted by Crippen LogP contribution is 2.14. The number of likely N-dealkylation sites (N-methyl/N-ethyl adjacent to an activating group) is 1. The summed E-state index contributed by atoms with van der Waals surface area (Å²) in [5, 5.41) is 19.0. The lowest BCUT2D eigenvalue weighted by atomic mass is 10.0. The van der Waals surface area contributed by atoms with Crippen molar-refractivity contribution >= 4 is 11.9 Å². The average molecular weight is 403 g/mol. The molecule has 6 nitrogen and oxygen atoms in total. The molecule has 0 aromatic rings. The smallest absolute Gasteiger partial charge is 0.307 e. The molecule has 166 valence electrons. The molecule has 0 aliphatic heterocycles. The van der Waals surface area contributed by atoms with E-state index in [1.807, 2.05) is 21.1 Å². The lowest BCUT2D eigenvalue weighted by Gasteiger charge is -2.28. The van der Waals surface area contributed by atoms with Crippen LogP contribution in [0, 0.1) is 0 Å². The molecule has 0 saturated carbocycles. The van der Waals surface area contributed by atoms with E-state index in [0.29, 0.717) is 23.9 Å². The number of unbranched alkanes of at least 4 members (excludes halogenated alkanes) is 7. The van der Waals surface area contributed by atoms with E-state index in [9.17, 15) is 14.7 Å².